The van der Waals surface area contributed by atoms with Crippen molar-refractivity contribution in [3.63, 3.8) is 0 Å². The van der Waals surface area contributed by atoms with Crippen molar-refractivity contribution >= 4 is 17.7 Å². The summed E-state index contributed by atoms with van der Waals surface area (Å²) in [6.07, 6.45) is 2.54. The van der Waals surface area contributed by atoms with E-state index in [1.807, 2.05) is 6.07 Å². The van der Waals surface area contributed by atoms with Crippen molar-refractivity contribution in [3.8, 4) is 11.8 Å². The average Bonchev–Trinajstić information content (AvgIpc) is 2.69. The largest absolute Gasteiger partial charge is 0.495 e. The Morgan fingerprint density at radius 2 is 2.04 bits per heavy atom. The fourth-order valence-electron chi connectivity index (χ4n) is 2.73. The van der Waals surface area contributed by atoms with E-state index in [-0.39, 0.29) is 17.7 Å². The van der Waals surface area contributed by atoms with Gasteiger partial charge < -0.3 is 25.0 Å². The quantitative estimate of drug-likeness (QED) is 0.586. The maximum absolute atomic E-state index is 12.3. The van der Waals surface area contributed by atoms with Crippen LogP contribution in [-0.4, -0.2) is 49.7 Å². The molecular weight excluding hydrogens is 348 g/mol. The van der Waals surface area contributed by atoms with Crippen LogP contribution >= 0.6 is 0 Å². The summed E-state index contributed by atoms with van der Waals surface area (Å²) in [4.78, 5) is 25.7. The van der Waals surface area contributed by atoms with Crippen molar-refractivity contribution in [2.45, 2.75) is 25.8 Å². The Kier molecular flexibility index (Phi) is 7.49. The lowest BCUT2D eigenvalue weighted by atomic mass is 10.1. The molecule has 0 radical (unpaired) electrons. The Bertz CT molecular complexity index is 733. The van der Waals surface area contributed by atoms with Crippen molar-refractivity contribution < 1.29 is 19.1 Å². The van der Waals surface area contributed by atoms with Crippen LogP contribution in [0, 0.1) is 11.3 Å². The van der Waals surface area contributed by atoms with Gasteiger partial charge in [0.1, 0.15) is 17.4 Å². The van der Waals surface area contributed by atoms with Gasteiger partial charge in [0.25, 0.3) is 5.91 Å². The van der Waals surface area contributed by atoms with Crippen LogP contribution in [0.5, 0.6) is 5.75 Å². The Balaban J connectivity index is 1.90. The van der Waals surface area contributed by atoms with E-state index in [0.717, 1.165) is 0 Å². The van der Waals surface area contributed by atoms with Gasteiger partial charge in [-0.1, -0.05) is 12.1 Å². The van der Waals surface area contributed by atoms with Gasteiger partial charge in [-0.25, -0.2) is 4.79 Å². The normalized spacial score (nSPS) is 14.9. The van der Waals surface area contributed by atoms with Gasteiger partial charge in [-0.05, 0) is 31.9 Å². The molecule has 0 unspecified atom stereocenters. The first-order valence-electron chi connectivity index (χ1n) is 8.81. The number of ether oxygens (including phenoxy) is 2. The molecule has 0 saturated carbocycles. The topological polar surface area (TPSA) is 104 Å². The minimum Gasteiger partial charge on any atom is -0.495 e. The zero-order chi connectivity index (χ0) is 19.6. The van der Waals surface area contributed by atoms with E-state index in [9.17, 15) is 14.9 Å². The molecule has 27 heavy (non-hydrogen) atoms. The van der Waals surface area contributed by atoms with Crippen LogP contribution in [0.3, 0.4) is 0 Å². The van der Waals surface area contributed by atoms with Gasteiger partial charge in [0.2, 0.25) is 0 Å². The summed E-state index contributed by atoms with van der Waals surface area (Å²) in [5.41, 5.74) is 0.461. The number of nitriles is 1. The fraction of sp³-hybridized carbons (Fsp3) is 0.421. The van der Waals surface area contributed by atoms with Crippen LogP contribution in [0.2, 0.25) is 0 Å². The van der Waals surface area contributed by atoms with E-state index < -0.39 is 5.91 Å². The molecule has 1 aromatic rings. The van der Waals surface area contributed by atoms with Crippen molar-refractivity contribution in [1.29, 1.82) is 5.26 Å². The summed E-state index contributed by atoms with van der Waals surface area (Å²) in [5.74, 6) is 0.000829. The lowest BCUT2D eigenvalue weighted by molar-refractivity contribution is -0.112. The Morgan fingerprint density at radius 1 is 1.33 bits per heavy atom. The number of hydrogen-bond donors (Lipinski definition) is 2. The number of carbonyl (C=O) groups is 2. The molecule has 0 bridgehead atoms. The first kappa shape index (κ1) is 20.1. The number of nitrogens with zero attached hydrogens (tertiary/aromatic N) is 2. The van der Waals surface area contributed by atoms with Crippen molar-refractivity contribution in [3.05, 3.63) is 36.0 Å². The highest BCUT2D eigenvalue weighted by Gasteiger charge is 2.23. The van der Waals surface area contributed by atoms with Crippen LogP contribution in [0.4, 0.5) is 10.5 Å². The van der Waals surface area contributed by atoms with Crippen LogP contribution in [0.15, 0.2) is 36.0 Å². The third kappa shape index (κ3) is 5.64. The number of amides is 2. The first-order valence-corrected chi connectivity index (χ1v) is 8.81. The lowest BCUT2D eigenvalue weighted by Crippen LogP contribution is -2.44. The van der Waals surface area contributed by atoms with Crippen LogP contribution < -0.4 is 15.4 Å². The number of piperidine rings is 1. The molecular formula is C19H24N4O4. The summed E-state index contributed by atoms with van der Waals surface area (Å²) in [6, 6.07) is 8.97. The maximum atomic E-state index is 12.3. The summed E-state index contributed by atoms with van der Waals surface area (Å²) in [5, 5.41) is 15.1. The standard InChI is InChI=1S/C19H24N4O4/c1-3-27-19(25)23-10-8-15(9-11-23)21-13-14(12-20)18(24)22-16-6-4-5-7-17(16)26-2/h4-7,13,15,21H,3,8-11H2,1-2H3,(H,22,24)/b14-13-. The molecule has 1 heterocycles. The Morgan fingerprint density at radius 3 is 2.67 bits per heavy atom. The van der Waals surface area contributed by atoms with Crippen LogP contribution in [-0.2, 0) is 9.53 Å². The van der Waals surface area contributed by atoms with Gasteiger partial charge in [-0.2, -0.15) is 5.26 Å². The molecule has 1 fully saturated rings. The number of para-hydroxylation sites is 2. The number of benzene rings is 1. The number of hydrogen-bond acceptors (Lipinski definition) is 6. The first-order chi connectivity index (χ1) is 13.1. The zero-order valence-corrected chi connectivity index (χ0v) is 15.5. The predicted molar refractivity (Wildman–Crippen MR) is 100 cm³/mol. The zero-order valence-electron chi connectivity index (χ0n) is 15.5. The molecule has 8 nitrogen and oxygen atoms in total. The number of rotatable bonds is 6. The van der Waals surface area contributed by atoms with E-state index in [1.165, 1.54) is 13.3 Å². The summed E-state index contributed by atoms with van der Waals surface area (Å²) in [7, 11) is 1.51. The molecule has 8 heteroatoms. The number of anilines is 1. The highest BCUT2D eigenvalue weighted by atomic mass is 16.6. The minimum absolute atomic E-state index is 0.0336. The van der Waals surface area contributed by atoms with Gasteiger partial charge in [-0.3, -0.25) is 4.79 Å². The minimum atomic E-state index is -0.515. The van der Waals surface area contributed by atoms with Gasteiger partial charge >= 0.3 is 6.09 Å². The number of methoxy groups -OCH3 is 1. The van der Waals surface area contributed by atoms with Gasteiger partial charge in [-0.15, -0.1) is 0 Å². The van der Waals surface area contributed by atoms with E-state index in [0.29, 0.717) is 44.0 Å². The van der Waals surface area contributed by atoms with Gasteiger partial charge in [0, 0.05) is 25.3 Å². The van der Waals surface area contributed by atoms with E-state index in [1.54, 1.807) is 36.1 Å². The summed E-state index contributed by atoms with van der Waals surface area (Å²) >= 11 is 0. The average molecular weight is 372 g/mol. The van der Waals surface area contributed by atoms with Crippen LogP contribution in [0.25, 0.3) is 0 Å². The van der Waals surface area contributed by atoms with E-state index in [4.69, 9.17) is 9.47 Å². The molecule has 2 amide bonds. The highest BCUT2D eigenvalue weighted by molar-refractivity contribution is 6.07. The molecule has 0 aliphatic carbocycles. The molecule has 144 valence electrons. The van der Waals surface area contributed by atoms with E-state index in [2.05, 4.69) is 10.6 Å². The fourth-order valence-corrected chi connectivity index (χ4v) is 2.73. The second kappa shape index (κ2) is 10.1. The monoisotopic (exact) mass is 372 g/mol. The molecule has 0 aromatic heterocycles. The summed E-state index contributed by atoms with van der Waals surface area (Å²) < 4.78 is 10.2. The molecule has 1 saturated heterocycles. The highest BCUT2D eigenvalue weighted by Crippen LogP contribution is 2.23. The maximum Gasteiger partial charge on any atom is 0.409 e. The van der Waals surface area contributed by atoms with Crippen molar-refractivity contribution in [1.82, 2.24) is 10.2 Å². The predicted octanol–water partition coefficient (Wildman–Crippen LogP) is 2.25. The molecule has 1 aliphatic rings. The summed E-state index contributed by atoms with van der Waals surface area (Å²) in [6.45, 7) is 3.27. The number of carbonyl (C=O) groups excluding carboxylic acids is 2. The number of likely N-dealkylation sites (tertiary alicyclic amines) is 1. The molecule has 1 aromatic carbocycles. The van der Waals surface area contributed by atoms with Crippen molar-refractivity contribution in [2.75, 3.05) is 32.1 Å². The third-order valence-corrected chi connectivity index (χ3v) is 4.20. The molecule has 2 rings (SSSR count). The second-order valence-electron chi connectivity index (χ2n) is 5.95. The Hall–Kier alpha value is -3.21. The van der Waals surface area contributed by atoms with E-state index >= 15 is 0 Å². The SMILES string of the molecule is CCOC(=O)N1CCC(N/C=C(/C#N)C(=O)Nc2ccccc2OC)CC1. The van der Waals surface area contributed by atoms with Gasteiger partial charge in [0.15, 0.2) is 0 Å². The van der Waals surface area contributed by atoms with Crippen molar-refractivity contribution in [2.24, 2.45) is 0 Å². The second-order valence-corrected chi connectivity index (χ2v) is 5.95. The third-order valence-electron chi connectivity index (χ3n) is 4.20. The molecule has 0 spiro atoms. The lowest BCUT2D eigenvalue weighted by Gasteiger charge is -2.31. The molecule has 2 N–H and O–H groups in total. The van der Waals surface area contributed by atoms with Gasteiger partial charge in [0.05, 0.1) is 19.4 Å². The molecule has 0 atom stereocenters. The smallest absolute Gasteiger partial charge is 0.409 e. The number of nitrogens with one attached hydrogen (secondary N) is 2. The Labute approximate surface area is 158 Å². The van der Waals surface area contributed by atoms with Crippen LogP contribution in [0.1, 0.15) is 19.8 Å². The molecule has 1 aliphatic heterocycles.